The number of aryl methyl sites for hydroxylation is 1. The van der Waals surface area contributed by atoms with Crippen molar-refractivity contribution >= 4 is 11.6 Å². The normalized spacial score (nSPS) is 11.9. The Labute approximate surface area is 126 Å². The van der Waals surface area contributed by atoms with Crippen molar-refractivity contribution in [2.45, 2.75) is 19.8 Å². The molecule has 3 heteroatoms. The van der Waals surface area contributed by atoms with Crippen LogP contribution >= 0.6 is 0 Å². The molecule has 21 heavy (non-hydrogen) atoms. The number of hydrogen-bond donors (Lipinski definition) is 2. The van der Waals surface area contributed by atoms with Crippen molar-refractivity contribution in [2.24, 2.45) is 0 Å². The molecule has 1 atom stereocenters. The third kappa shape index (κ3) is 4.72. The maximum atomic E-state index is 11.9. The van der Waals surface area contributed by atoms with Crippen molar-refractivity contribution in [2.75, 3.05) is 18.4 Å². The van der Waals surface area contributed by atoms with E-state index in [2.05, 4.69) is 29.7 Å². The highest BCUT2D eigenvalue weighted by atomic mass is 16.1. The van der Waals surface area contributed by atoms with Gasteiger partial charge < -0.3 is 10.6 Å². The summed E-state index contributed by atoms with van der Waals surface area (Å²) in [6.07, 6.45) is 0. The van der Waals surface area contributed by atoms with Crippen LogP contribution in [-0.2, 0) is 4.79 Å². The molecule has 0 radical (unpaired) electrons. The van der Waals surface area contributed by atoms with Crippen LogP contribution in [0.25, 0.3) is 0 Å². The van der Waals surface area contributed by atoms with Gasteiger partial charge in [-0.25, -0.2) is 0 Å². The summed E-state index contributed by atoms with van der Waals surface area (Å²) in [6, 6.07) is 18.1. The summed E-state index contributed by atoms with van der Waals surface area (Å²) in [7, 11) is 0. The first-order valence-electron chi connectivity index (χ1n) is 7.28. The van der Waals surface area contributed by atoms with E-state index in [4.69, 9.17) is 0 Å². The van der Waals surface area contributed by atoms with Gasteiger partial charge in [0.2, 0.25) is 5.91 Å². The number of rotatable bonds is 6. The molecular formula is C18H22N2O. The van der Waals surface area contributed by atoms with E-state index in [0.717, 1.165) is 17.8 Å². The predicted octanol–water partition coefficient (Wildman–Crippen LogP) is 3.33. The van der Waals surface area contributed by atoms with Gasteiger partial charge in [-0.15, -0.1) is 0 Å². The van der Waals surface area contributed by atoms with Crippen LogP contribution in [0.15, 0.2) is 54.6 Å². The first kappa shape index (κ1) is 15.3. The maximum absolute atomic E-state index is 11.9. The lowest BCUT2D eigenvalue weighted by molar-refractivity contribution is -0.115. The molecule has 0 aliphatic carbocycles. The van der Waals surface area contributed by atoms with Gasteiger partial charge >= 0.3 is 0 Å². The Bertz CT molecular complexity index is 581. The Kier molecular flexibility index (Phi) is 5.52. The number of carbonyl (C=O) groups is 1. The fourth-order valence-electron chi connectivity index (χ4n) is 2.21. The van der Waals surface area contributed by atoms with Crippen LogP contribution in [0.5, 0.6) is 0 Å². The molecule has 0 fully saturated rings. The van der Waals surface area contributed by atoms with Gasteiger partial charge in [-0.1, -0.05) is 55.5 Å². The summed E-state index contributed by atoms with van der Waals surface area (Å²) in [6.45, 7) is 5.25. The zero-order valence-corrected chi connectivity index (χ0v) is 12.6. The zero-order valence-electron chi connectivity index (χ0n) is 12.6. The molecular weight excluding hydrogens is 260 g/mol. The molecule has 1 unspecified atom stereocenters. The number of anilines is 1. The highest BCUT2D eigenvalue weighted by molar-refractivity contribution is 5.92. The van der Waals surface area contributed by atoms with Crippen LogP contribution in [0.4, 0.5) is 5.69 Å². The SMILES string of the molecule is Cc1ccccc1NC(=O)CNCC(C)c1ccccc1. The minimum atomic E-state index is -0.00967. The van der Waals surface area contributed by atoms with Crippen LogP contribution in [-0.4, -0.2) is 19.0 Å². The fourth-order valence-corrected chi connectivity index (χ4v) is 2.21. The maximum Gasteiger partial charge on any atom is 0.238 e. The Morgan fingerprint density at radius 2 is 1.71 bits per heavy atom. The van der Waals surface area contributed by atoms with Gasteiger partial charge in [0.15, 0.2) is 0 Å². The van der Waals surface area contributed by atoms with Gasteiger partial charge in [-0.3, -0.25) is 4.79 Å². The highest BCUT2D eigenvalue weighted by Crippen LogP contribution is 2.14. The van der Waals surface area contributed by atoms with Crippen molar-refractivity contribution in [1.82, 2.24) is 5.32 Å². The second-order valence-electron chi connectivity index (χ2n) is 5.31. The van der Waals surface area contributed by atoms with Crippen LogP contribution in [0.2, 0.25) is 0 Å². The van der Waals surface area contributed by atoms with E-state index in [1.165, 1.54) is 5.56 Å². The van der Waals surface area contributed by atoms with Gasteiger partial charge in [0, 0.05) is 12.2 Å². The van der Waals surface area contributed by atoms with E-state index < -0.39 is 0 Å². The summed E-state index contributed by atoms with van der Waals surface area (Å²) < 4.78 is 0. The Morgan fingerprint density at radius 1 is 1.05 bits per heavy atom. The molecule has 2 aromatic rings. The first-order valence-corrected chi connectivity index (χ1v) is 7.28. The smallest absolute Gasteiger partial charge is 0.238 e. The number of amides is 1. The number of para-hydroxylation sites is 1. The third-order valence-electron chi connectivity index (χ3n) is 3.52. The number of hydrogen-bond acceptors (Lipinski definition) is 2. The van der Waals surface area contributed by atoms with Gasteiger partial charge in [0.1, 0.15) is 0 Å². The minimum absolute atomic E-state index is 0.00967. The molecule has 0 spiro atoms. The second-order valence-corrected chi connectivity index (χ2v) is 5.31. The van der Waals surface area contributed by atoms with E-state index in [1.54, 1.807) is 0 Å². The molecule has 1 amide bonds. The van der Waals surface area contributed by atoms with Crippen LogP contribution in [0, 0.1) is 6.92 Å². The van der Waals surface area contributed by atoms with Crippen molar-refractivity contribution < 1.29 is 4.79 Å². The standard InChI is InChI=1S/C18H22N2O/c1-14-8-6-7-11-17(14)20-18(21)13-19-12-15(2)16-9-4-3-5-10-16/h3-11,15,19H,12-13H2,1-2H3,(H,20,21). The summed E-state index contributed by atoms with van der Waals surface area (Å²) in [4.78, 5) is 11.9. The second kappa shape index (κ2) is 7.60. The van der Waals surface area contributed by atoms with E-state index in [-0.39, 0.29) is 5.91 Å². The average molecular weight is 282 g/mol. The van der Waals surface area contributed by atoms with Gasteiger partial charge in [0.25, 0.3) is 0 Å². The van der Waals surface area contributed by atoms with Crippen molar-refractivity contribution in [3.63, 3.8) is 0 Å². The monoisotopic (exact) mass is 282 g/mol. The van der Waals surface area contributed by atoms with E-state index in [1.807, 2.05) is 49.4 Å². The molecule has 0 aromatic heterocycles. The quantitative estimate of drug-likeness (QED) is 0.853. The Hall–Kier alpha value is -2.13. The summed E-state index contributed by atoms with van der Waals surface area (Å²) in [5, 5.41) is 6.13. The molecule has 2 rings (SSSR count). The Balaban J connectivity index is 1.76. The predicted molar refractivity (Wildman–Crippen MR) is 87.5 cm³/mol. The van der Waals surface area contributed by atoms with Crippen molar-refractivity contribution in [1.29, 1.82) is 0 Å². The molecule has 0 saturated heterocycles. The zero-order chi connectivity index (χ0) is 15.1. The van der Waals surface area contributed by atoms with Gasteiger partial charge in [-0.2, -0.15) is 0 Å². The molecule has 2 aromatic carbocycles. The van der Waals surface area contributed by atoms with Crippen LogP contribution < -0.4 is 10.6 Å². The molecule has 2 N–H and O–H groups in total. The van der Waals surface area contributed by atoms with Crippen molar-refractivity contribution in [3.05, 3.63) is 65.7 Å². The van der Waals surface area contributed by atoms with Gasteiger partial charge in [-0.05, 0) is 30.0 Å². The lowest BCUT2D eigenvalue weighted by atomic mass is 10.0. The number of benzene rings is 2. The fraction of sp³-hybridized carbons (Fsp3) is 0.278. The summed E-state index contributed by atoms with van der Waals surface area (Å²) in [5.74, 6) is 0.377. The highest BCUT2D eigenvalue weighted by Gasteiger charge is 2.07. The lowest BCUT2D eigenvalue weighted by Crippen LogP contribution is -2.30. The third-order valence-corrected chi connectivity index (χ3v) is 3.52. The summed E-state index contributed by atoms with van der Waals surface area (Å²) in [5.41, 5.74) is 3.23. The number of carbonyl (C=O) groups excluding carboxylic acids is 1. The number of nitrogens with one attached hydrogen (secondary N) is 2. The average Bonchev–Trinajstić information content (AvgIpc) is 2.50. The largest absolute Gasteiger partial charge is 0.325 e. The minimum Gasteiger partial charge on any atom is -0.325 e. The van der Waals surface area contributed by atoms with E-state index in [0.29, 0.717) is 12.5 Å². The first-order chi connectivity index (χ1) is 10.2. The lowest BCUT2D eigenvalue weighted by Gasteiger charge is -2.13. The molecule has 0 bridgehead atoms. The van der Waals surface area contributed by atoms with E-state index in [9.17, 15) is 4.79 Å². The molecule has 110 valence electrons. The molecule has 0 aliphatic rings. The molecule has 0 aliphatic heterocycles. The van der Waals surface area contributed by atoms with Crippen molar-refractivity contribution in [3.8, 4) is 0 Å². The molecule has 0 saturated carbocycles. The Morgan fingerprint density at radius 3 is 2.43 bits per heavy atom. The van der Waals surface area contributed by atoms with Crippen LogP contribution in [0.3, 0.4) is 0 Å². The van der Waals surface area contributed by atoms with Crippen LogP contribution in [0.1, 0.15) is 24.0 Å². The van der Waals surface area contributed by atoms with E-state index >= 15 is 0 Å². The molecule has 0 heterocycles. The van der Waals surface area contributed by atoms with Gasteiger partial charge in [0.05, 0.1) is 6.54 Å². The summed E-state index contributed by atoms with van der Waals surface area (Å²) >= 11 is 0. The topological polar surface area (TPSA) is 41.1 Å². The molecule has 3 nitrogen and oxygen atoms in total.